The van der Waals surface area contributed by atoms with Crippen LogP contribution >= 0.6 is 0 Å². The zero-order valence-corrected chi connectivity index (χ0v) is 16.4. The van der Waals surface area contributed by atoms with Gasteiger partial charge in [0.2, 0.25) is 11.8 Å². The van der Waals surface area contributed by atoms with Crippen LogP contribution in [0.5, 0.6) is 0 Å². The van der Waals surface area contributed by atoms with Crippen molar-refractivity contribution in [3.8, 4) is 11.1 Å². The molecule has 0 aliphatic rings. The van der Waals surface area contributed by atoms with E-state index in [9.17, 15) is 14.3 Å². The lowest BCUT2D eigenvalue weighted by Gasteiger charge is -2.07. The molecule has 1 atom stereocenters. The molecule has 3 N–H and O–H groups in total. The first-order chi connectivity index (χ1) is 14.4. The van der Waals surface area contributed by atoms with E-state index in [1.54, 1.807) is 31.2 Å². The van der Waals surface area contributed by atoms with E-state index in [4.69, 9.17) is 4.42 Å². The van der Waals surface area contributed by atoms with Crippen LogP contribution in [0.1, 0.15) is 47.9 Å². The Morgan fingerprint density at radius 3 is 2.73 bits per heavy atom. The molecule has 0 spiro atoms. The predicted octanol–water partition coefficient (Wildman–Crippen LogP) is 3.30. The first kappa shape index (κ1) is 19.7. The van der Waals surface area contributed by atoms with Gasteiger partial charge in [0.05, 0.1) is 17.6 Å². The van der Waals surface area contributed by atoms with E-state index >= 15 is 0 Å². The number of aryl methyl sites for hydroxylation is 1. The maximum absolute atomic E-state index is 14.2. The monoisotopic (exact) mass is 409 g/mol. The SMILES string of the molecule is CCc1nnc(CNC(=O)c2cc(F)cc(-c3ccc4nc(C(C)O)[nH]c4c3)c2)o1. The molecule has 0 saturated carbocycles. The number of carbonyl (C=O) groups excluding carboxylic acids is 1. The summed E-state index contributed by atoms with van der Waals surface area (Å²) in [6.07, 6.45) is -0.120. The minimum absolute atomic E-state index is 0.0555. The first-order valence-electron chi connectivity index (χ1n) is 9.51. The van der Waals surface area contributed by atoms with Gasteiger partial charge in [-0.05, 0) is 48.4 Å². The Balaban J connectivity index is 1.57. The molecule has 1 unspecified atom stereocenters. The summed E-state index contributed by atoms with van der Waals surface area (Å²) in [4.78, 5) is 19.9. The highest BCUT2D eigenvalue weighted by Crippen LogP contribution is 2.26. The molecule has 8 nitrogen and oxygen atoms in total. The molecule has 9 heteroatoms. The van der Waals surface area contributed by atoms with Crippen LogP contribution in [-0.2, 0) is 13.0 Å². The van der Waals surface area contributed by atoms with Crippen molar-refractivity contribution in [2.24, 2.45) is 0 Å². The summed E-state index contributed by atoms with van der Waals surface area (Å²) >= 11 is 0. The van der Waals surface area contributed by atoms with E-state index in [0.717, 1.165) is 0 Å². The van der Waals surface area contributed by atoms with E-state index in [1.165, 1.54) is 12.1 Å². The van der Waals surface area contributed by atoms with E-state index in [2.05, 4.69) is 25.5 Å². The number of amides is 1. The number of nitrogens with one attached hydrogen (secondary N) is 2. The van der Waals surface area contributed by atoms with Crippen molar-refractivity contribution < 1.29 is 18.7 Å². The number of aromatic amines is 1. The number of H-pyrrole nitrogens is 1. The molecule has 0 saturated heterocycles. The molecule has 154 valence electrons. The molecule has 0 aliphatic carbocycles. The van der Waals surface area contributed by atoms with Gasteiger partial charge in [0.1, 0.15) is 17.7 Å². The number of aromatic nitrogens is 4. The van der Waals surface area contributed by atoms with E-state index in [0.29, 0.717) is 40.3 Å². The van der Waals surface area contributed by atoms with Crippen molar-refractivity contribution in [3.63, 3.8) is 0 Å². The van der Waals surface area contributed by atoms with Crippen LogP contribution < -0.4 is 5.32 Å². The molecule has 0 aliphatic heterocycles. The van der Waals surface area contributed by atoms with Crippen LogP contribution in [-0.4, -0.2) is 31.2 Å². The average Bonchev–Trinajstić information content (AvgIpc) is 3.37. The van der Waals surface area contributed by atoms with E-state index in [1.807, 2.05) is 6.92 Å². The number of hydrogen-bond donors (Lipinski definition) is 3. The molecular weight excluding hydrogens is 389 g/mol. The number of hydrogen-bond acceptors (Lipinski definition) is 6. The summed E-state index contributed by atoms with van der Waals surface area (Å²) in [6.45, 7) is 3.56. The summed E-state index contributed by atoms with van der Waals surface area (Å²) < 4.78 is 19.6. The third kappa shape index (κ3) is 4.06. The normalized spacial score (nSPS) is 12.3. The van der Waals surface area contributed by atoms with E-state index in [-0.39, 0.29) is 18.0 Å². The van der Waals surface area contributed by atoms with Crippen molar-refractivity contribution in [1.82, 2.24) is 25.5 Å². The minimum Gasteiger partial charge on any atom is -0.423 e. The van der Waals surface area contributed by atoms with Gasteiger partial charge in [-0.3, -0.25) is 4.79 Å². The lowest BCUT2D eigenvalue weighted by Crippen LogP contribution is -2.23. The first-order valence-corrected chi connectivity index (χ1v) is 9.51. The number of imidazole rings is 1. The Hall–Kier alpha value is -3.59. The van der Waals surface area contributed by atoms with Gasteiger partial charge in [-0.1, -0.05) is 13.0 Å². The second kappa shape index (κ2) is 8.03. The predicted molar refractivity (Wildman–Crippen MR) is 107 cm³/mol. The Morgan fingerprint density at radius 2 is 2.00 bits per heavy atom. The zero-order valence-electron chi connectivity index (χ0n) is 16.4. The summed E-state index contributed by atoms with van der Waals surface area (Å²) in [5.74, 6) is 0.244. The fraction of sp³-hybridized carbons (Fsp3) is 0.238. The quantitative estimate of drug-likeness (QED) is 0.450. The average molecular weight is 409 g/mol. The number of halogens is 1. The maximum Gasteiger partial charge on any atom is 0.251 e. The van der Waals surface area contributed by atoms with Crippen molar-refractivity contribution in [2.45, 2.75) is 32.9 Å². The largest absolute Gasteiger partial charge is 0.423 e. The lowest BCUT2D eigenvalue weighted by molar-refractivity contribution is 0.0946. The Labute approximate surface area is 171 Å². The minimum atomic E-state index is -0.724. The third-order valence-corrected chi connectivity index (χ3v) is 4.60. The molecule has 0 radical (unpaired) electrons. The van der Waals surface area contributed by atoms with E-state index < -0.39 is 17.8 Å². The lowest BCUT2D eigenvalue weighted by atomic mass is 10.0. The number of aliphatic hydroxyl groups is 1. The van der Waals surface area contributed by atoms with Crippen molar-refractivity contribution >= 4 is 16.9 Å². The molecule has 4 aromatic rings. The van der Waals surface area contributed by atoms with Gasteiger partial charge in [0, 0.05) is 12.0 Å². The molecule has 30 heavy (non-hydrogen) atoms. The van der Waals surface area contributed by atoms with Crippen LogP contribution in [0, 0.1) is 5.82 Å². The number of fused-ring (bicyclic) bond motifs is 1. The Kier molecular flexibility index (Phi) is 5.28. The number of nitrogens with zero attached hydrogens (tertiary/aromatic N) is 3. The van der Waals surface area contributed by atoms with Gasteiger partial charge >= 0.3 is 0 Å². The Morgan fingerprint density at radius 1 is 1.20 bits per heavy atom. The molecular formula is C21H20FN5O3. The van der Waals surface area contributed by atoms with Gasteiger partial charge in [-0.15, -0.1) is 10.2 Å². The fourth-order valence-electron chi connectivity index (χ4n) is 3.05. The van der Waals surface area contributed by atoms with Gasteiger partial charge in [0.15, 0.2) is 0 Å². The summed E-state index contributed by atoms with van der Waals surface area (Å²) in [6, 6.07) is 9.50. The molecule has 2 heterocycles. The number of rotatable bonds is 6. The van der Waals surface area contributed by atoms with Gasteiger partial charge in [-0.2, -0.15) is 0 Å². The van der Waals surface area contributed by atoms with Crippen LogP contribution in [0.15, 0.2) is 40.8 Å². The van der Waals surface area contributed by atoms with Gasteiger partial charge < -0.3 is 19.8 Å². The highest BCUT2D eigenvalue weighted by Gasteiger charge is 2.13. The molecule has 4 rings (SSSR count). The summed E-state index contributed by atoms with van der Waals surface area (Å²) in [7, 11) is 0. The van der Waals surface area contributed by atoms with Crippen LogP contribution in [0.25, 0.3) is 22.2 Å². The fourth-order valence-corrected chi connectivity index (χ4v) is 3.05. The summed E-state index contributed by atoms with van der Waals surface area (Å²) in [5.41, 5.74) is 2.83. The third-order valence-electron chi connectivity index (χ3n) is 4.60. The highest BCUT2D eigenvalue weighted by atomic mass is 19.1. The number of benzene rings is 2. The molecule has 0 bridgehead atoms. The number of carbonyl (C=O) groups is 1. The topological polar surface area (TPSA) is 117 Å². The highest BCUT2D eigenvalue weighted by molar-refractivity contribution is 5.95. The standard InChI is InChI=1S/C21H20FN5O3/c1-3-18-26-27-19(30-18)10-23-21(29)14-6-13(7-15(22)8-14)12-4-5-16-17(9-12)25-20(24-16)11(2)28/h4-9,11,28H,3,10H2,1-2H3,(H,23,29)(H,24,25). The second-order valence-corrected chi connectivity index (χ2v) is 6.88. The van der Waals surface area contributed by atoms with Crippen LogP contribution in [0.4, 0.5) is 4.39 Å². The Bertz CT molecular complexity index is 1210. The van der Waals surface area contributed by atoms with Gasteiger partial charge in [0.25, 0.3) is 5.91 Å². The molecule has 2 aromatic heterocycles. The zero-order chi connectivity index (χ0) is 21.3. The maximum atomic E-state index is 14.2. The van der Waals surface area contributed by atoms with Crippen LogP contribution in [0.3, 0.4) is 0 Å². The smallest absolute Gasteiger partial charge is 0.251 e. The molecule has 0 fully saturated rings. The molecule has 1 amide bonds. The van der Waals surface area contributed by atoms with Crippen molar-refractivity contribution in [3.05, 3.63) is 65.4 Å². The van der Waals surface area contributed by atoms with Crippen molar-refractivity contribution in [2.75, 3.05) is 0 Å². The van der Waals surface area contributed by atoms with Gasteiger partial charge in [-0.25, -0.2) is 9.37 Å². The number of aliphatic hydroxyl groups excluding tert-OH is 1. The second-order valence-electron chi connectivity index (χ2n) is 6.88. The molecule has 2 aromatic carbocycles. The summed E-state index contributed by atoms with van der Waals surface area (Å²) in [5, 5.41) is 20.0. The van der Waals surface area contributed by atoms with Crippen molar-refractivity contribution in [1.29, 1.82) is 0 Å². The van der Waals surface area contributed by atoms with Crippen LogP contribution in [0.2, 0.25) is 0 Å².